The van der Waals surface area contributed by atoms with E-state index < -0.39 is 49.5 Å². The van der Waals surface area contributed by atoms with Crippen molar-refractivity contribution in [3.8, 4) is 16.9 Å². The van der Waals surface area contributed by atoms with E-state index in [1.165, 1.54) is 6.92 Å². The number of halogens is 5. The summed E-state index contributed by atoms with van der Waals surface area (Å²) in [5, 5.41) is 3.60. The number of nitrogens with zero attached hydrogens (tertiary/aromatic N) is 3. The van der Waals surface area contributed by atoms with Gasteiger partial charge in [-0.3, -0.25) is 4.79 Å². The van der Waals surface area contributed by atoms with Gasteiger partial charge in [-0.2, -0.15) is 23.0 Å². The normalized spacial score (nSPS) is 12.3. The van der Waals surface area contributed by atoms with Crippen molar-refractivity contribution in [1.29, 1.82) is 0 Å². The summed E-state index contributed by atoms with van der Waals surface area (Å²) in [6.45, 7) is 1.35. The van der Waals surface area contributed by atoms with Crippen LogP contribution in [-0.2, 0) is 16.0 Å². The van der Waals surface area contributed by atoms with Crippen molar-refractivity contribution in [1.82, 2.24) is 14.8 Å². The van der Waals surface area contributed by atoms with Crippen LogP contribution in [0.5, 0.6) is 0 Å². The number of benzene rings is 2. The lowest BCUT2D eigenvalue weighted by Gasteiger charge is -2.13. The van der Waals surface area contributed by atoms with E-state index in [9.17, 15) is 35.2 Å². The maximum absolute atomic E-state index is 13.7. The van der Waals surface area contributed by atoms with E-state index in [-0.39, 0.29) is 27.7 Å². The summed E-state index contributed by atoms with van der Waals surface area (Å²) < 4.78 is 92.5. The topological polar surface area (TPSA) is 81.9 Å². The van der Waals surface area contributed by atoms with Gasteiger partial charge in [0, 0.05) is 23.2 Å². The Balaban J connectivity index is 1.95. The summed E-state index contributed by atoms with van der Waals surface area (Å²) in [6.07, 6.45) is -2.52. The molecule has 0 aliphatic rings. The summed E-state index contributed by atoms with van der Waals surface area (Å²) >= 11 is 0. The van der Waals surface area contributed by atoms with Gasteiger partial charge in [-0.05, 0) is 42.0 Å². The average Bonchev–Trinajstić information content (AvgIpc) is 2.77. The largest absolute Gasteiger partial charge is 0.416 e. The molecule has 4 aromatic rings. The lowest BCUT2D eigenvalue weighted by molar-refractivity contribution is -0.137. The summed E-state index contributed by atoms with van der Waals surface area (Å²) in [6, 6.07) is 6.19. The summed E-state index contributed by atoms with van der Waals surface area (Å²) in [5.41, 5.74) is -1.78. The second kappa shape index (κ2) is 8.28. The number of alkyl halides is 3. The Hall–Kier alpha value is -3.67. The van der Waals surface area contributed by atoms with Crippen molar-refractivity contribution in [3.05, 3.63) is 82.4 Å². The first-order valence-corrected chi connectivity index (χ1v) is 11.3. The molecule has 0 saturated heterocycles. The van der Waals surface area contributed by atoms with Crippen LogP contribution in [0.3, 0.4) is 0 Å². The molecule has 2 aromatic carbocycles. The number of sulfone groups is 1. The number of rotatable bonds is 4. The van der Waals surface area contributed by atoms with E-state index in [0.29, 0.717) is 10.7 Å². The first-order chi connectivity index (χ1) is 15.9. The second-order valence-electron chi connectivity index (χ2n) is 7.27. The number of hydrogen-bond donors (Lipinski definition) is 0. The minimum atomic E-state index is -4.63. The van der Waals surface area contributed by atoms with E-state index >= 15 is 0 Å². The zero-order chi connectivity index (χ0) is 24.8. The van der Waals surface area contributed by atoms with E-state index in [0.717, 1.165) is 48.8 Å². The van der Waals surface area contributed by atoms with Gasteiger partial charge < -0.3 is 0 Å². The predicted octanol–water partition coefficient (Wildman–Crippen LogP) is 4.54. The minimum absolute atomic E-state index is 0.0163. The van der Waals surface area contributed by atoms with Crippen LogP contribution in [0.2, 0.25) is 0 Å². The lowest BCUT2D eigenvalue weighted by atomic mass is 10.1. The molecule has 0 aliphatic carbocycles. The highest BCUT2D eigenvalue weighted by molar-refractivity contribution is 7.91. The van der Waals surface area contributed by atoms with Crippen molar-refractivity contribution >= 4 is 20.6 Å². The number of pyridine rings is 1. The third-order valence-corrected chi connectivity index (χ3v) is 6.79. The quantitative estimate of drug-likeness (QED) is 0.389. The molecular weight excluding hydrogens is 481 g/mol. The van der Waals surface area contributed by atoms with Crippen molar-refractivity contribution in [2.24, 2.45) is 0 Å². The highest BCUT2D eigenvalue weighted by atomic mass is 32.2. The average molecular weight is 495 g/mol. The number of aromatic nitrogens is 3. The van der Waals surface area contributed by atoms with Crippen molar-refractivity contribution < 1.29 is 30.4 Å². The van der Waals surface area contributed by atoms with Gasteiger partial charge in [0.1, 0.15) is 16.5 Å². The summed E-state index contributed by atoms with van der Waals surface area (Å²) in [4.78, 5) is 16.6. The number of fused-ring (bicyclic) bond motifs is 1. The fourth-order valence-electron chi connectivity index (χ4n) is 3.34. The molecule has 0 saturated carbocycles. The van der Waals surface area contributed by atoms with E-state index in [2.05, 4.69) is 10.1 Å². The second-order valence-corrected chi connectivity index (χ2v) is 9.52. The third kappa shape index (κ3) is 4.28. The van der Waals surface area contributed by atoms with Crippen LogP contribution in [0, 0.1) is 11.6 Å². The summed E-state index contributed by atoms with van der Waals surface area (Å²) in [5.74, 6) is -2.55. The van der Waals surface area contributed by atoms with Gasteiger partial charge in [-0.15, -0.1) is 0 Å². The van der Waals surface area contributed by atoms with Crippen LogP contribution in [-0.4, -0.2) is 28.9 Å². The van der Waals surface area contributed by atoms with Crippen LogP contribution in [0.15, 0.2) is 64.5 Å². The molecule has 0 N–H and O–H groups in total. The first kappa shape index (κ1) is 23.5. The zero-order valence-electron chi connectivity index (χ0n) is 17.3. The maximum Gasteiger partial charge on any atom is 0.416 e. The molecule has 0 aliphatic heterocycles. The molecular formula is C22H14F5N3O3S. The molecule has 0 atom stereocenters. The molecule has 2 aromatic heterocycles. The molecule has 0 fully saturated rings. The van der Waals surface area contributed by atoms with Gasteiger partial charge in [0.15, 0.2) is 15.7 Å². The fourth-order valence-corrected chi connectivity index (χ4v) is 4.37. The molecule has 176 valence electrons. The van der Waals surface area contributed by atoms with Crippen LogP contribution in [0.4, 0.5) is 22.0 Å². The Morgan fingerprint density at radius 3 is 2.24 bits per heavy atom. The lowest BCUT2D eigenvalue weighted by Crippen LogP contribution is -2.24. The number of hydrogen-bond acceptors (Lipinski definition) is 5. The van der Waals surface area contributed by atoms with Crippen molar-refractivity contribution in [2.75, 3.05) is 5.75 Å². The molecule has 4 rings (SSSR count). The maximum atomic E-state index is 13.7. The molecule has 0 amide bonds. The van der Waals surface area contributed by atoms with Crippen LogP contribution in [0.1, 0.15) is 12.5 Å². The van der Waals surface area contributed by atoms with Crippen molar-refractivity contribution in [2.45, 2.75) is 18.0 Å². The first-order valence-electron chi connectivity index (χ1n) is 9.69. The van der Waals surface area contributed by atoms with Crippen LogP contribution >= 0.6 is 0 Å². The molecule has 0 spiro atoms. The van der Waals surface area contributed by atoms with E-state index in [1.807, 2.05) is 0 Å². The van der Waals surface area contributed by atoms with Gasteiger partial charge in [-0.25, -0.2) is 22.2 Å². The smallest absolute Gasteiger partial charge is 0.267 e. The van der Waals surface area contributed by atoms with Gasteiger partial charge in [-0.1, -0.05) is 6.92 Å². The van der Waals surface area contributed by atoms with Gasteiger partial charge in [0.05, 0.1) is 22.9 Å². The molecule has 0 bridgehead atoms. The Morgan fingerprint density at radius 2 is 1.62 bits per heavy atom. The fraction of sp³-hybridized carbons (Fsp3) is 0.136. The molecule has 2 heterocycles. The molecule has 12 heteroatoms. The standard InChI is InChI=1S/C22H14F5N3O3S/c1-2-34(32,33)19-8-13(12-6-16(23)9-17(24)7-12)10-28-20(19)30-21(31)18-4-3-15(22(25,26)27)5-14(18)11-29-30/h3-11H,2H2,1H3. The third-order valence-electron chi connectivity index (χ3n) is 5.06. The van der Waals surface area contributed by atoms with E-state index in [1.54, 1.807) is 0 Å². The Labute approximate surface area is 189 Å². The van der Waals surface area contributed by atoms with Crippen LogP contribution < -0.4 is 5.56 Å². The van der Waals surface area contributed by atoms with Gasteiger partial charge in [0.2, 0.25) is 0 Å². The molecule has 34 heavy (non-hydrogen) atoms. The highest BCUT2D eigenvalue weighted by Crippen LogP contribution is 2.31. The Morgan fingerprint density at radius 1 is 0.941 bits per heavy atom. The highest BCUT2D eigenvalue weighted by Gasteiger charge is 2.31. The van der Waals surface area contributed by atoms with E-state index in [4.69, 9.17) is 0 Å². The van der Waals surface area contributed by atoms with Crippen LogP contribution in [0.25, 0.3) is 27.7 Å². The predicted molar refractivity (Wildman–Crippen MR) is 113 cm³/mol. The molecule has 6 nitrogen and oxygen atoms in total. The monoisotopic (exact) mass is 495 g/mol. The SMILES string of the molecule is CCS(=O)(=O)c1cc(-c2cc(F)cc(F)c2)cnc1-n1ncc2cc(C(F)(F)F)ccc2c1=O. The molecule has 0 unspecified atom stereocenters. The minimum Gasteiger partial charge on any atom is -0.267 e. The zero-order valence-corrected chi connectivity index (χ0v) is 18.1. The van der Waals surface area contributed by atoms with Gasteiger partial charge >= 0.3 is 6.18 Å². The van der Waals surface area contributed by atoms with Crippen molar-refractivity contribution in [3.63, 3.8) is 0 Å². The Kier molecular flexibility index (Phi) is 5.72. The molecule has 0 radical (unpaired) electrons. The van der Waals surface area contributed by atoms with Gasteiger partial charge in [0.25, 0.3) is 5.56 Å². The Bertz CT molecular complexity index is 1580. The summed E-state index contributed by atoms with van der Waals surface area (Å²) in [7, 11) is -4.02.